The molecule has 0 radical (unpaired) electrons. The number of rotatable bonds is 1. The van der Waals surface area contributed by atoms with Gasteiger partial charge in [0.2, 0.25) is 0 Å². The monoisotopic (exact) mass is 127 g/mol. The standard InChI is InChI=1S/C3H7NO3.Na/c1-3(4,7)2(5)6;/h7H,4H2,1H3,(H,5,6);/q;+1/p-1. The molecule has 42 valence electrons. The van der Waals surface area contributed by atoms with Crippen molar-refractivity contribution in [1.29, 1.82) is 0 Å². The Morgan fingerprint density at radius 2 is 2.00 bits per heavy atom. The Hall–Kier alpha value is 0.390. The van der Waals surface area contributed by atoms with Gasteiger partial charge in [0.25, 0.3) is 0 Å². The second kappa shape index (κ2) is 3.42. The first-order chi connectivity index (χ1) is 2.94. The van der Waals surface area contributed by atoms with Crippen molar-refractivity contribution in [1.82, 2.24) is 0 Å². The summed E-state index contributed by atoms with van der Waals surface area (Å²) in [6, 6.07) is 0. The van der Waals surface area contributed by atoms with E-state index in [-0.39, 0.29) is 29.6 Å². The van der Waals surface area contributed by atoms with E-state index in [1.54, 1.807) is 0 Å². The fourth-order valence-corrected chi connectivity index (χ4v) is 0. The number of hydrogen-bond donors (Lipinski definition) is 2. The largest absolute Gasteiger partial charge is 1.00 e. The van der Waals surface area contributed by atoms with Crippen LogP contribution in [0.15, 0.2) is 0 Å². The van der Waals surface area contributed by atoms with E-state index >= 15 is 0 Å². The van der Waals surface area contributed by atoms with Gasteiger partial charge in [-0.25, -0.2) is 0 Å². The van der Waals surface area contributed by atoms with Gasteiger partial charge in [0.1, 0.15) is 0 Å². The van der Waals surface area contributed by atoms with Crippen molar-refractivity contribution >= 4 is 5.97 Å². The van der Waals surface area contributed by atoms with Crippen LogP contribution in [-0.4, -0.2) is 16.8 Å². The Balaban J connectivity index is 0. The number of nitrogens with two attached hydrogens (primary N) is 1. The van der Waals surface area contributed by atoms with Gasteiger partial charge in [-0.15, -0.1) is 0 Å². The molecule has 0 aromatic carbocycles. The molecule has 0 fully saturated rings. The second-order valence-corrected chi connectivity index (χ2v) is 1.43. The van der Waals surface area contributed by atoms with E-state index in [1.165, 1.54) is 0 Å². The molecule has 0 heterocycles. The van der Waals surface area contributed by atoms with E-state index in [9.17, 15) is 9.90 Å². The van der Waals surface area contributed by atoms with Crippen LogP contribution in [0.3, 0.4) is 0 Å². The van der Waals surface area contributed by atoms with Crippen molar-refractivity contribution in [2.24, 2.45) is 5.73 Å². The van der Waals surface area contributed by atoms with Crippen molar-refractivity contribution in [3.63, 3.8) is 0 Å². The van der Waals surface area contributed by atoms with Gasteiger partial charge in [0.05, 0.1) is 5.97 Å². The van der Waals surface area contributed by atoms with E-state index in [1.807, 2.05) is 0 Å². The predicted molar refractivity (Wildman–Crippen MR) is 19.8 cm³/mol. The van der Waals surface area contributed by atoms with Crippen LogP contribution in [-0.2, 0) is 4.79 Å². The molecule has 0 aliphatic heterocycles. The van der Waals surface area contributed by atoms with Gasteiger partial charge in [-0.05, 0) is 6.92 Å². The van der Waals surface area contributed by atoms with E-state index in [2.05, 4.69) is 5.73 Å². The third kappa shape index (κ3) is 4.55. The molecule has 0 saturated carbocycles. The van der Waals surface area contributed by atoms with Crippen LogP contribution in [0.25, 0.3) is 0 Å². The predicted octanol–water partition coefficient (Wildman–Crippen LogP) is -5.59. The van der Waals surface area contributed by atoms with Gasteiger partial charge in [0, 0.05) is 0 Å². The van der Waals surface area contributed by atoms with Crippen molar-refractivity contribution < 1.29 is 44.6 Å². The molecule has 0 aliphatic rings. The summed E-state index contributed by atoms with van der Waals surface area (Å²) in [5.74, 6) is -1.67. The third-order valence-corrected chi connectivity index (χ3v) is 0.413. The summed E-state index contributed by atoms with van der Waals surface area (Å²) in [4.78, 5) is 9.53. The molecule has 0 saturated heterocycles. The molecule has 0 rings (SSSR count). The van der Waals surface area contributed by atoms with Gasteiger partial charge in [-0.2, -0.15) is 0 Å². The fourth-order valence-electron chi connectivity index (χ4n) is 0. The normalized spacial score (nSPS) is 15.9. The number of carbonyl (C=O) groups is 1. The Morgan fingerprint density at radius 3 is 2.00 bits per heavy atom. The summed E-state index contributed by atoms with van der Waals surface area (Å²) in [5.41, 5.74) is 2.38. The molecule has 0 aromatic rings. The van der Waals surface area contributed by atoms with Gasteiger partial charge < -0.3 is 15.0 Å². The van der Waals surface area contributed by atoms with Crippen molar-refractivity contribution in [3.8, 4) is 0 Å². The zero-order valence-electron chi connectivity index (χ0n) is 4.84. The third-order valence-electron chi connectivity index (χ3n) is 0.413. The summed E-state index contributed by atoms with van der Waals surface area (Å²) in [6.07, 6.45) is 0. The maximum atomic E-state index is 9.53. The second-order valence-electron chi connectivity index (χ2n) is 1.43. The van der Waals surface area contributed by atoms with Crippen molar-refractivity contribution in [3.05, 3.63) is 0 Å². The Bertz CT molecular complexity index is 87.0. The molecule has 0 bridgehead atoms. The smallest absolute Gasteiger partial charge is 0.546 e. The summed E-state index contributed by atoms with van der Waals surface area (Å²) in [5, 5.41) is 17.7. The van der Waals surface area contributed by atoms with Crippen LogP contribution in [0, 0.1) is 0 Å². The Kier molecular flexibility index (Phi) is 4.80. The number of aliphatic hydroxyl groups is 1. The van der Waals surface area contributed by atoms with E-state index in [0.29, 0.717) is 0 Å². The van der Waals surface area contributed by atoms with Gasteiger partial charge >= 0.3 is 29.6 Å². The molecular formula is C3H6NNaO3. The molecule has 8 heavy (non-hydrogen) atoms. The van der Waals surface area contributed by atoms with Crippen molar-refractivity contribution in [2.45, 2.75) is 12.6 Å². The van der Waals surface area contributed by atoms with Gasteiger partial charge in [-0.3, -0.25) is 5.73 Å². The minimum atomic E-state index is -2.19. The zero-order chi connectivity index (χ0) is 6.08. The van der Waals surface area contributed by atoms with E-state index in [4.69, 9.17) is 5.11 Å². The van der Waals surface area contributed by atoms with E-state index in [0.717, 1.165) is 6.92 Å². The number of carbonyl (C=O) groups excluding carboxylic acids is 1. The number of hydrogen-bond acceptors (Lipinski definition) is 4. The topological polar surface area (TPSA) is 86.4 Å². The van der Waals surface area contributed by atoms with Crippen LogP contribution in [0.5, 0.6) is 0 Å². The van der Waals surface area contributed by atoms with Crippen LogP contribution in [0.1, 0.15) is 6.92 Å². The fraction of sp³-hybridized carbons (Fsp3) is 0.667. The SMILES string of the molecule is CC(N)(O)C(=O)[O-].[Na+]. The first-order valence-electron chi connectivity index (χ1n) is 1.67. The summed E-state index contributed by atoms with van der Waals surface area (Å²) in [7, 11) is 0. The van der Waals surface area contributed by atoms with Gasteiger partial charge in [-0.1, -0.05) is 0 Å². The van der Waals surface area contributed by atoms with Gasteiger partial charge in [0.15, 0.2) is 5.72 Å². The van der Waals surface area contributed by atoms with Crippen LogP contribution < -0.4 is 40.4 Å². The minimum Gasteiger partial charge on any atom is -0.546 e. The zero-order valence-corrected chi connectivity index (χ0v) is 6.84. The molecule has 3 N–H and O–H groups in total. The molecule has 0 amide bonds. The average Bonchev–Trinajstić information content (AvgIpc) is 1.31. The quantitative estimate of drug-likeness (QED) is 0.271. The Morgan fingerprint density at radius 1 is 1.88 bits per heavy atom. The minimum absolute atomic E-state index is 0. The molecule has 1 unspecified atom stereocenters. The maximum absolute atomic E-state index is 9.53. The van der Waals surface area contributed by atoms with Crippen LogP contribution in [0.4, 0.5) is 0 Å². The molecular weight excluding hydrogens is 121 g/mol. The van der Waals surface area contributed by atoms with Crippen molar-refractivity contribution in [2.75, 3.05) is 0 Å². The Labute approximate surface area is 69.0 Å². The number of aliphatic carboxylic acids is 1. The molecule has 1 atom stereocenters. The molecule has 5 heteroatoms. The maximum Gasteiger partial charge on any atom is 1.00 e. The summed E-state index contributed by atoms with van der Waals surface area (Å²) in [6.45, 7) is 0.933. The van der Waals surface area contributed by atoms with Crippen LogP contribution >= 0.6 is 0 Å². The molecule has 4 nitrogen and oxygen atoms in total. The number of carboxylic acid groups (broad SMARTS) is 1. The average molecular weight is 127 g/mol. The number of carboxylic acids is 1. The first kappa shape index (κ1) is 11.2. The summed E-state index contributed by atoms with van der Waals surface area (Å²) < 4.78 is 0. The first-order valence-corrected chi connectivity index (χ1v) is 1.67. The van der Waals surface area contributed by atoms with E-state index < -0.39 is 11.7 Å². The molecule has 0 aromatic heterocycles. The molecule has 0 aliphatic carbocycles. The van der Waals surface area contributed by atoms with Crippen LogP contribution in [0.2, 0.25) is 0 Å². The molecule has 0 spiro atoms. The summed E-state index contributed by atoms with van der Waals surface area (Å²) >= 11 is 0.